The highest BCUT2D eigenvalue weighted by Gasteiger charge is 2.29. The Morgan fingerprint density at radius 1 is 1.33 bits per heavy atom. The number of likely N-dealkylation sites (N-methyl/N-ethyl adjacent to an activating group) is 1. The molecule has 0 saturated heterocycles. The number of benzene rings is 1. The minimum absolute atomic E-state index is 0.0761. The van der Waals surface area contributed by atoms with Crippen molar-refractivity contribution in [1.82, 2.24) is 4.90 Å². The molecule has 0 unspecified atom stereocenters. The van der Waals surface area contributed by atoms with Gasteiger partial charge in [0.2, 0.25) is 0 Å². The van der Waals surface area contributed by atoms with Crippen molar-refractivity contribution in [2.24, 2.45) is 0 Å². The molecule has 0 radical (unpaired) electrons. The standard InChI is InChI=1S/C17H25NO3/c1-4-16(17(19)18(2)13-8-5-6-9-13)21-15-11-7-10-14(12-15)20-3/h7,10-13,16H,4-6,8-9H2,1-3H3/t16-/m0/s1. The maximum Gasteiger partial charge on any atom is 0.263 e. The van der Waals surface area contributed by atoms with E-state index in [1.807, 2.05) is 43.1 Å². The molecule has 1 amide bonds. The molecular formula is C17H25NO3. The summed E-state index contributed by atoms with van der Waals surface area (Å²) in [7, 11) is 3.52. The number of rotatable bonds is 6. The second-order valence-corrected chi connectivity index (χ2v) is 5.58. The quantitative estimate of drug-likeness (QED) is 0.807. The van der Waals surface area contributed by atoms with Crippen molar-refractivity contribution in [3.8, 4) is 11.5 Å². The highest BCUT2D eigenvalue weighted by molar-refractivity contribution is 5.81. The van der Waals surface area contributed by atoms with Gasteiger partial charge in [-0.3, -0.25) is 4.79 Å². The molecule has 1 aromatic rings. The molecule has 2 rings (SSSR count). The van der Waals surface area contributed by atoms with Gasteiger partial charge in [-0.1, -0.05) is 25.8 Å². The SMILES string of the molecule is CC[C@H](Oc1cccc(OC)c1)C(=O)N(C)C1CCCC1. The Bertz CT molecular complexity index is 469. The van der Waals surface area contributed by atoms with Gasteiger partial charge in [-0.25, -0.2) is 0 Å². The average molecular weight is 291 g/mol. The van der Waals surface area contributed by atoms with Gasteiger partial charge in [0.15, 0.2) is 6.10 Å². The van der Waals surface area contributed by atoms with E-state index in [9.17, 15) is 4.79 Å². The number of methoxy groups -OCH3 is 1. The second-order valence-electron chi connectivity index (χ2n) is 5.58. The van der Waals surface area contributed by atoms with E-state index in [-0.39, 0.29) is 5.91 Å². The van der Waals surface area contributed by atoms with E-state index in [0.29, 0.717) is 18.2 Å². The molecule has 4 nitrogen and oxygen atoms in total. The average Bonchev–Trinajstić information content (AvgIpc) is 3.05. The van der Waals surface area contributed by atoms with Gasteiger partial charge in [0.1, 0.15) is 11.5 Å². The maximum atomic E-state index is 12.6. The summed E-state index contributed by atoms with van der Waals surface area (Å²) in [6.07, 6.45) is 4.89. The van der Waals surface area contributed by atoms with E-state index >= 15 is 0 Å². The number of amides is 1. The predicted molar refractivity (Wildman–Crippen MR) is 82.7 cm³/mol. The molecule has 1 aromatic carbocycles. The molecule has 0 heterocycles. The van der Waals surface area contributed by atoms with Crippen LogP contribution in [0.25, 0.3) is 0 Å². The van der Waals surface area contributed by atoms with E-state index in [2.05, 4.69) is 0 Å². The van der Waals surface area contributed by atoms with E-state index in [1.54, 1.807) is 7.11 Å². The van der Waals surface area contributed by atoms with Gasteiger partial charge in [-0.2, -0.15) is 0 Å². The van der Waals surface area contributed by atoms with Gasteiger partial charge in [-0.15, -0.1) is 0 Å². The first-order valence-corrected chi connectivity index (χ1v) is 7.73. The van der Waals surface area contributed by atoms with Gasteiger partial charge >= 0.3 is 0 Å². The molecule has 116 valence electrons. The molecule has 0 aliphatic heterocycles. The molecule has 0 bridgehead atoms. The summed E-state index contributed by atoms with van der Waals surface area (Å²) >= 11 is 0. The van der Waals surface area contributed by atoms with Crippen LogP contribution in [0.3, 0.4) is 0 Å². The van der Waals surface area contributed by atoms with Crippen LogP contribution in [0.4, 0.5) is 0 Å². The normalized spacial score (nSPS) is 16.5. The summed E-state index contributed by atoms with van der Waals surface area (Å²) in [5.41, 5.74) is 0. The number of carbonyl (C=O) groups excluding carboxylic acids is 1. The molecular weight excluding hydrogens is 266 g/mol. The van der Waals surface area contributed by atoms with Crippen LogP contribution in [0.1, 0.15) is 39.0 Å². The smallest absolute Gasteiger partial charge is 0.263 e. The van der Waals surface area contributed by atoms with Crippen LogP contribution in [0, 0.1) is 0 Å². The van der Waals surface area contributed by atoms with Crippen LogP contribution in [0.15, 0.2) is 24.3 Å². The van der Waals surface area contributed by atoms with Crippen LogP contribution in [-0.4, -0.2) is 37.1 Å². The third kappa shape index (κ3) is 3.90. The zero-order chi connectivity index (χ0) is 15.2. The molecule has 4 heteroatoms. The first-order valence-electron chi connectivity index (χ1n) is 7.73. The van der Waals surface area contributed by atoms with Crippen molar-refractivity contribution in [1.29, 1.82) is 0 Å². The van der Waals surface area contributed by atoms with Gasteiger partial charge < -0.3 is 14.4 Å². The largest absolute Gasteiger partial charge is 0.497 e. The number of hydrogen-bond donors (Lipinski definition) is 0. The van der Waals surface area contributed by atoms with Crippen molar-refractivity contribution in [2.75, 3.05) is 14.2 Å². The summed E-state index contributed by atoms with van der Waals surface area (Å²) in [5, 5.41) is 0. The lowest BCUT2D eigenvalue weighted by Crippen LogP contribution is -2.43. The zero-order valence-corrected chi connectivity index (χ0v) is 13.2. The second kappa shape index (κ2) is 7.34. The Hall–Kier alpha value is -1.71. The summed E-state index contributed by atoms with van der Waals surface area (Å²) in [4.78, 5) is 14.5. The van der Waals surface area contributed by atoms with Gasteiger partial charge in [0.25, 0.3) is 5.91 Å². The van der Waals surface area contributed by atoms with Crippen molar-refractivity contribution >= 4 is 5.91 Å². The Balaban J connectivity index is 2.02. The molecule has 1 aliphatic carbocycles. The summed E-state index contributed by atoms with van der Waals surface area (Å²) < 4.78 is 11.1. The van der Waals surface area contributed by atoms with Crippen LogP contribution in [0.2, 0.25) is 0 Å². The van der Waals surface area contributed by atoms with E-state index in [4.69, 9.17) is 9.47 Å². The topological polar surface area (TPSA) is 38.8 Å². The fourth-order valence-electron chi connectivity index (χ4n) is 2.85. The molecule has 0 spiro atoms. The van der Waals surface area contributed by atoms with Crippen LogP contribution >= 0.6 is 0 Å². The molecule has 0 N–H and O–H groups in total. The monoisotopic (exact) mass is 291 g/mol. The van der Waals surface area contributed by atoms with E-state index in [0.717, 1.165) is 18.6 Å². The van der Waals surface area contributed by atoms with Crippen molar-refractivity contribution in [3.63, 3.8) is 0 Å². The lowest BCUT2D eigenvalue weighted by Gasteiger charge is -2.28. The van der Waals surface area contributed by atoms with Crippen molar-refractivity contribution in [3.05, 3.63) is 24.3 Å². The van der Waals surface area contributed by atoms with E-state index in [1.165, 1.54) is 12.8 Å². The molecule has 0 aromatic heterocycles. The van der Waals surface area contributed by atoms with Crippen LogP contribution in [-0.2, 0) is 4.79 Å². The summed E-state index contributed by atoms with van der Waals surface area (Å²) in [5.74, 6) is 1.49. The van der Waals surface area contributed by atoms with E-state index < -0.39 is 6.10 Å². The zero-order valence-electron chi connectivity index (χ0n) is 13.2. The Morgan fingerprint density at radius 2 is 2.00 bits per heavy atom. The maximum absolute atomic E-state index is 12.6. The van der Waals surface area contributed by atoms with Crippen molar-refractivity contribution in [2.45, 2.75) is 51.2 Å². The Kier molecular flexibility index (Phi) is 5.48. The van der Waals surface area contributed by atoms with Crippen LogP contribution < -0.4 is 9.47 Å². The number of carbonyl (C=O) groups is 1. The molecule has 21 heavy (non-hydrogen) atoms. The fraction of sp³-hybridized carbons (Fsp3) is 0.588. The molecule has 1 aliphatic rings. The first-order chi connectivity index (χ1) is 10.2. The Morgan fingerprint density at radius 3 is 2.62 bits per heavy atom. The fourth-order valence-corrected chi connectivity index (χ4v) is 2.85. The summed E-state index contributed by atoms with van der Waals surface area (Å²) in [6.45, 7) is 1.98. The molecule has 1 saturated carbocycles. The molecule has 1 atom stereocenters. The van der Waals surface area contributed by atoms with Gasteiger partial charge in [-0.05, 0) is 31.4 Å². The van der Waals surface area contributed by atoms with Gasteiger partial charge in [0.05, 0.1) is 7.11 Å². The lowest BCUT2D eigenvalue weighted by molar-refractivity contribution is -0.139. The third-order valence-electron chi connectivity index (χ3n) is 4.19. The van der Waals surface area contributed by atoms with Crippen molar-refractivity contribution < 1.29 is 14.3 Å². The summed E-state index contributed by atoms with van der Waals surface area (Å²) in [6, 6.07) is 7.77. The van der Waals surface area contributed by atoms with Crippen LogP contribution in [0.5, 0.6) is 11.5 Å². The Labute approximate surface area is 127 Å². The minimum Gasteiger partial charge on any atom is -0.497 e. The number of ether oxygens (including phenoxy) is 2. The predicted octanol–water partition coefficient (Wildman–Crippen LogP) is 3.25. The minimum atomic E-state index is -0.428. The number of nitrogens with zero attached hydrogens (tertiary/aromatic N) is 1. The first kappa shape index (κ1) is 15.7. The molecule has 1 fully saturated rings. The third-order valence-corrected chi connectivity index (χ3v) is 4.19. The number of hydrogen-bond acceptors (Lipinski definition) is 3. The van der Waals surface area contributed by atoms with Gasteiger partial charge in [0, 0.05) is 19.2 Å². The highest BCUT2D eigenvalue weighted by Crippen LogP contribution is 2.25. The highest BCUT2D eigenvalue weighted by atomic mass is 16.5. The lowest BCUT2D eigenvalue weighted by atomic mass is 10.1.